The molecule has 1 aliphatic heterocycles. The Balaban J connectivity index is 0.00000280. The maximum atomic E-state index is 13.0. The molecule has 2 unspecified atom stereocenters. The van der Waals surface area contributed by atoms with E-state index in [1.54, 1.807) is 12.1 Å². The molecule has 1 saturated heterocycles. The lowest BCUT2D eigenvalue weighted by Crippen LogP contribution is -2.42. The number of hydrogen-bond acceptors (Lipinski definition) is 2. The highest BCUT2D eigenvalue weighted by atomic mass is 127. The van der Waals surface area contributed by atoms with E-state index in [2.05, 4.69) is 39.9 Å². The number of halogens is 2. The average Bonchev–Trinajstić information content (AvgIpc) is 2.72. The monoisotopic (exact) mass is 497 g/mol. The molecule has 3 rings (SSSR count). The molecule has 0 aliphatic carbocycles. The fraction of sp³-hybridized carbons (Fsp3) is 0.409. The van der Waals surface area contributed by atoms with Crippen LogP contribution in [0.1, 0.15) is 37.0 Å². The van der Waals surface area contributed by atoms with Crippen LogP contribution in [-0.4, -0.2) is 25.7 Å². The van der Waals surface area contributed by atoms with Gasteiger partial charge in [0.1, 0.15) is 5.82 Å². The van der Waals surface area contributed by atoms with E-state index in [-0.39, 0.29) is 35.9 Å². The second kappa shape index (κ2) is 12.0. The van der Waals surface area contributed by atoms with Gasteiger partial charge in [-0.05, 0) is 43.0 Å². The zero-order chi connectivity index (χ0) is 18.9. The summed E-state index contributed by atoms with van der Waals surface area (Å²) in [7, 11) is 0. The van der Waals surface area contributed by atoms with Crippen LogP contribution < -0.4 is 10.6 Å². The Kier molecular flexibility index (Phi) is 9.70. The van der Waals surface area contributed by atoms with Crippen molar-refractivity contribution in [3.8, 4) is 0 Å². The molecule has 152 valence electrons. The first kappa shape index (κ1) is 22.6. The van der Waals surface area contributed by atoms with Gasteiger partial charge in [0.15, 0.2) is 5.96 Å². The van der Waals surface area contributed by atoms with Gasteiger partial charge in [0.05, 0.1) is 12.6 Å². The van der Waals surface area contributed by atoms with E-state index in [9.17, 15) is 4.39 Å². The Morgan fingerprint density at radius 2 is 1.86 bits per heavy atom. The number of nitrogens with one attached hydrogen (secondary N) is 2. The van der Waals surface area contributed by atoms with Gasteiger partial charge in [-0.2, -0.15) is 0 Å². The first-order valence-electron chi connectivity index (χ1n) is 9.69. The molecule has 2 atom stereocenters. The van der Waals surface area contributed by atoms with Gasteiger partial charge in [-0.1, -0.05) is 42.5 Å². The van der Waals surface area contributed by atoms with Crippen LogP contribution in [-0.2, 0) is 11.3 Å². The van der Waals surface area contributed by atoms with Crippen LogP contribution in [0.15, 0.2) is 59.6 Å². The molecule has 0 aromatic heterocycles. The standard InChI is InChI=1S/C22H28FN3O.HI/c1-2-24-22(25-15-17-10-12-20(23)13-11-17)26-16-19-9-6-14-27-21(19)18-7-4-3-5-8-18;/h3-5,7-8,10-13,19,21H,2,6,9,14-16H2,1H3,(H2,24,25,26);1H. The molecule has 4 nitrogen and oxygen atoms in total. The Morgan fingerprint density at radius 3 is 2.57 bits per heavy atom. The molecular weight excluding hydrogens is 468 g/mol. The lowest BCUT2D eigenvalue weighted by molar-refractivity contribution is -0.0265. The molecule has 2 aromatic carbocycles. The van der Waals surface area contributed by atoms with E-state index in [0.29, 0.717) is 12.5 Å². The summed E-state index contributed by atoms with van der Waals surface area (Å²) in [5.41, 5.74) is 2.22. The van der Waals surface area contributed by atoms with Crippen molar-refractivity contribution in [1.29, 1.82) is 0 Å². The van der Waals surface area contributed by atoms with Crippen LogP contribution in [0.25, 0.3) is 0 Å². The first-order chi connectivity index (χ1) is 13.3. The van der Waals surface area contributed by atoms with E-state index in [0.717, 1.165) is 44.1 Å². The van der Waals surface area contributed by atoms with Crippen molar-refractivity contribution in [3.05, 3.63) is 71.5 Å². The van der Waals surface area contributed by atoms with E-state index < -0.39 is 0 Å². The molecule has 1 fully saturated rings. The lowest BCUT2D eigenvalue weighted by Gasteiger charge is -2.32. The molecule has 1 aliphatic rings. The van der Waals surface area contributed by atoms with Crippen molar-refractivity contribution in [2.24, 2.45) is 10.9 Å². The van der Waals surface area contributed by atoms with Gasteiger partial charge in [0, 0.05) is 25.6 Å². The third kappa shape index (κ3) is 6.74. The normalized spacial score (nSPS) is 19.6. The summed E-state index contributed by atoms with van der Waals surface area (Å²) in [6.07, 6.45) is 2.33. The minimum absolute atomic E-state index is 0. The van der Waals surface area contributed by atoms with Crippen LogP contribution in [0.5, 0.6) is 0 Å². The highest BCUT2D eigenvalue weighted by Gasteiger charge is 2.27. The minimum Gasteiger partial charge on any atom is -0.373 e. The van der Waals surface area contributed by atoms with Crippen molar-refractivity contribution >= 4 is 29.9 Å². The third-order valence-corrected chi connectivity index (χ3v) is 4.78. The molecule has 0 radical (unpaired) electrons. The van der Waals surface area contributed by atoms with Gasteiger partial charge in [-0.3, -0.25) is 0 Å². The second-order valence-corrected chi connectivity index (χ2v) is 6.81. The summed E-state index contributed by atoms with van der Waals surface area (Å²) in [6.45, 7) is 4.96. The summed E-state index contributed by atoms with van der Waals surface area (Å²) in [6, 6.07) is 16.9. The van der Waals surface area contributed by atoms with E-state index in [4.69, 9.17) is 4.74 Å². The van der Waals surface area contributed by atoms with Crippen LogP contribution in [0.4, 0.5) is 4.39 Å². The molecule has 0 saturated carbocycles. The average molecular weight is 497 g/mol. The van der Waals surface area contributed by atoms with Gasteiger partial charge >= 0.3 is 0 Å². The topological polar surface area (TPSA) is 45.7 Å². The molecule has 1 heterocycles. The molecule has 0 amide bonds. The van der Waals surface area contributed by atoms with E-state index in [1.807, 2.05) is 13.0 Å². The zero-order valence-corrected chi connectivity index (χ0v) is 18.6. The fourth-order valence-electron chi connectivity index (χ4n) is 3.39. The third-order valence-electron chi connectivity index (χ3n) is 4.78. The van der Waals surface area contributed by atoms with Crippen molar-refractivity contribution < 1.29 is 9.13 Å². The number of benzene rings is 2. The number of ether oxygens (including phenoxy) is 1. The first-order valence-corrected chi connectivity index (χ1v) is 9.69. The molecule has 2 aromatic rings. The van der Waals surface area contributed by atoms with Crippen molar-refractivity contribution in [3.63, 3.8) is 0 Å². The molecule has 6 heteroatoms. The Hall–Kier alpha value is -1.67. The van der Waals surface area contributed by atoms with Crippen molar-refractivity contribution in [1.82, 2.24) is 10.6 Å². The number of hydrogen-bond donors (Lipinski definition) is 2. The lowest BCUT2D eigenvalue weighted by atomic mass is 9.89. The number of guanidine groups is 1. The van der Waals surface area contributed by atoms with Gasteiger partial charge in [-0.25, -0.2) is 9.38 Å². The van der Waals surface area contributed by atoms with Gasteiger partial charge in [0.25, 0.3) is 0 Å². The highest BCUT2D eigenvalue weighted by Crippen LogP contribution is 2.33. The quantitative estimate of drug-likeness (QED) is 0.347. The Bertz CT molecular complexity index is 724. The summed E-state index contributed by atoms with van der Waals surface area (Å²) in [5, 5.41) is 6.74. The van der Waals surface area contributed by atoms with Crippen LogP contribution >= 0.6 is 24.0 Å². The summed E-state index contributed by atoms with van der Waals surface area (Å²) >= 11 is 0. The maximum Gasteiger partial charge on any atom is 0.191 e. The van der Waals surface area contributed by atoms with Gasteiger partial charge in [-0.15, -0.1) is 24.0 Å². The van der Waals surface area contributed by atoms with E-state index in [1.165, 1.54) is 17.7 Å². The number of nitrogens with zero attached hydrogens (tertiary/aromatic N) is 1. The second-order valence-electron chi connectivity index (χ2n) is 6.81. The maximum absolute atomic E-state index is 13.0. The van der Waals surface area contributed by atoms with E-state index >= 15 is 0 Å². The van der Waals surface area contributed by atoms with Crippen LogP contribution in [0, 0.1) is 11.7 Å². The minimum atomic E-state index is -0.225. The molecule has 28 heavy (non-hydrogen) atoms. The molecule has 2 N–H and O–H groups in total. The molecule has 0 spiro atoms. The Labute approximate surface area is 184 Å². The SMILES string of the molecule is CCNC(=NCc1ccc(F)cc1)NCC1CCCOC1c1ccccc1.I. The molecule has 0 bridgehead atoms. The predicted molar refractivity (Wildman–Crippen MR) is 122 cm³/mol. The van der Waals surface area contributed by atoms with Gasteiger partial charge < -0.3 is 15.4 Å². The van der Waals surface area contributed by atoms with Crippen LogP contribution in [0.3, 0.4) is 0 Å². The molecular formula is C22H29FIN3O. The summed E-state index contributed by atoms with van der Waals surface area (Å²) in [5.74, 6) is 0.951. The summed E-state index contributed by atoms with van der Waals surface area (Å²) < 4.78 is 19.1. The smallest absolute Gasteiger partial charge is 0.191 e. The largest absolute Gasteiger partial charge is 0.373 e. The Morgan fingerprint density at radius 1 is 1.11 bits per heavy atom. The highest BCUT2D eigenvalue weighted by molar-refractivity contribution is 14.0. The summed E-state index contributed by atoms with van der Waals surface area (Å²) in [4.78, 5) is 4.63. The van der Waals surface area contributed by atoms with Crippen molar-refractivity contribution in [2.45, 2.75) is 32.4 Å². The van der Waals surface area contributed by atoms with Crippen molar-refractivity contribution in [2.75, 3.05) is 19.7 Å². The predicted octanol–water partition coefficient (Wildman–Crippen LogP) is 4.67. The number of aliphatic imine (C=N–C) groups is 1. The zero-order valence-electron chi connectivity index (χ0n) is 16.2. The number of rotatable bonds is 6. The fourth-order valence-corrected chi connectivity index (χ4v) is 3.39. The van der Waals surface area contributed by atoms with Gasteiger partial charge in [0.2, 0.25) is 0 Å². The van der Waals surface area contributed by atoms with Crippen LogP contribution in [0.2, 0.25) is 0 Å².